The largest absolute Gasteiger partial charge is 0.354 e. The van der Waals surface area contributed by atoms with Gasteiger partial charge in [-0.3, -0.25) is 4.79 Å². The highest BCUT2D eigenvalue weighted by atomic mass is 16.1. The summed E-state index contributed by atoms with van der Waals surface area (Å²) in [7, 11) is 4.11. The van der Waals surface area contributed by atoms with Gasteiger partial charge in [0.1, 0.15) is 0 Å². The molecule has 4 heteroatoms. The van der Waals surface area contributed by atoms with E-state index in [1.165, 1.54) is 0 Å². The summed E-state index contributed by atoms with van der Waals surface area (Å²) in [5.41, 5.74) is 5.75. The fourth-order valence-corrected chi connectivity index (χ4v) is 1.71. The van der Waals surface area contributed by atoms with Gasteiger partial charge in [0.15, 0.2) is 0 Å². The summed E-state index contributed by atoms with van der Waals surface area (Å²) in [4.78, 5) is 13.8. The van der Waals surface area contributed by atoms with E-state index >= 15 is 0 Å². The van der Waals surface area contributed by atoms with Crippen LogP contribution in [0.5, 0.6) is 0 Å². The molecule has 0 heterocycles. The van der Waals surface area contributed by atoms with Crippen LogP contribution in [0, 0.1) is 5.92 Å². The second kappa shape index (κ2) is 8.48. The van der Waals surface area contributed by atoms with Gasteiger partial charge in [0.2, 0.25) is 5.91 Å². The maximum Gasteiger partial charge on any atom is 0.221 e. The molecular weight excluding hydrogens is 214 g/mol. The molecule has 4 nitrogen and oxygen atoms in total. The molecule has 0 radical (unpaired) electrons. The van der Waals surface area contributed by atoms with Crippen LogP contribution in [0.1, 0.15) is 40.0 Å². The number of rotatable bonds is 8. The molecule has 0 aliphatic rings. The van der Waals surface area contributed by atoms with Gasteiger partial charge in [0, 0.05) is 25.0 Å². The summed E-state index contributed by atoms with van der Waals surface area (Å²) in [5.74, 6) is 0.701. The van der Waals surface area contributed by atoms with Crippen molar-refractivity contribution in [3.8, 4) is 0 Å². The maximum atomic E-state index is 11.6. The Balaban J connectivity index is 3.99. The van der Waals surface area contributed by atoms with Crippen molar-refractivity contribution in [2.24, 2.45) is 11.7 Å². The first-order chi connectivity index (χ1) is 7.86. The molecule has 0 saturated heterocycles. The molecule has 17 heavy (non-hydrogen) atoms. The Morgan fingerprint density at radius 3 is 2.35 bits per heavy atom. The summed E-state index contributed by atoms with van der Waals surface area (Å²) in [6, 6.07) is 0.384. The van der Waals surface area contributed by atoms with Gasteiger partial charge in [-0.25, -0.2) is 0 Å². The lowest BCUT2D eigenvalue weighted by Crippen LogP contribution is -2.42. The molecule has 0 rings (SSSR count). The Kier molecular flexibility index (Phi) is 8.17. The predicted molar refractivity (Wildman–Crippen MR) is 72.8 cm³/mol. The zero-order valence-corrected chi connectivity index (χ0v) is 12.0. The first-order valence-corrected chi connectivity index (χ1v) is 6.55. The monoisotopic (exact) mass is 243 g/mol. The van der Waals surface area contributed by atoms with Gasteiger partial charge in [0.05, 0.1) is 0 Å². The summed E-state index contributed by atoms with van der Waals surface area (Å²) in [5, 5.41) is 2.97. The fraction of sp³-hybridized carbons (Fsp3) is 0.923. The van der Waals surface area contributed by atoms with Crippen molar-refractivity contribution < 1.29 is 4.79 Å². The van der Waals surface area contributed by atoms with Gasteiger partial charge in [-0.15, -0.1) is 0 Å². The molecule has 0 spiro atoms. The van der Waals surface area contributed by atoms with Crippen molar-refractivity contribution in [3.63, 3.8) is 0 Å². The molecule has 3 N–H and O–H groups in total. The van der Waals surface area contributed by atoms with E-state index < -0.39 is 0 Å². The first kappa shape index (κ1) is 16.4. The Labute approximate surface area is 106 Å². The Morgan fingerprint density at radius 2 is 1.94 bits per heavy atom. The average molecular weight is 243 g/mol. The van der Waals surface area contributed by atoms with Crippen molar-refractivity contribution in [1.82, 2.24) is 10.2 Å². The highest BCUT2D eigenvalue weighted by molar-refractivity contribution is 5.76. The molecule has 0 aromatic carbocycles. The van der Waals surface area contributed by atoms with Crippen LogP contribution in [0.4, 0.5) is 0 Å². The molecule has 0 aliphatic heterocycles. The third-order valence-electron chi connectivity index (χ3n) is 2.98. The van der Waals surface area contributed by atoms with Crippen molar-refractivity contribution >= 4 is 5.91 Å². The van der Waals surface area contributed by atoms with Gasteiger partial charge >= 0.3 is 0 Å². The van der Waals surface area contributed by atoms with Crippen LogP contribution >= 0.6 is 0 Å². The smallest absolute Gasteiger partial charge is 0.221 e. The molecule has 1 amide bonds. The van der Waals surface area contributed by atoms with E-state index in [-0.39, 0.29) is 11.9 Å². The molecule has 0 fully saturated rings. The quantitative estimate of drug-likeness (QED) is 0.673. The molecule has 0 aromatic heterocycles. The van der Waals surface area contributed by atoms with Gasteiger partial charge < -0.3 is 16.0 Å². The number of hydrogen-bond donors (Lipinski definition) is 2. The third-order valence-corrected chi connectivity index (χ3v) is 2.98. The van der Waals surface area contributed by atoms with Crippen LogP contribution in [0.3, 0.4) is 0 Å². The van der Waals surface area contributed by atoms with Crippen LogP contribution < -0.4 is 11.1 Å². The van der Waals surface area contributed by atoms with E-state index in [0.717, 1.165) is 12.8 Å². The van der Waals surface area contributed by atoms with E-state index in [1.54, 1.807) is 0 Å². The lowest BCUT2D eigenvalue weighted by atomic mass is 10.0. The van der Waals surface area contributed by atoms with Gasteiger partial charge in [0.25, 0.3) is 0 Å². The zero-order valence-electron chi connectivity index (χ0n) is 12.0. The summed E-state index contributed by atoms with van der Waals surface area (Å²) in [6.45, 7) is 7.11. The van der Waals surface area contributed by atoms with E-state index in [4.69, 9.17) is 5.73 Å². The highest BCUT2D eigenvalue weighted by Gasteiger charge is 2.15. The molecule has 2 atom stereocenters. The number of amides is 1. The first-order valence-electron chi connectivity index (χ1n) is 6.55. The summed E-state index contributed by atoms with van der Waals surface area (Å²) < 4.78 is 0. The number of carbonyl (C=O) groups excluding carboxylic acids is 1. The van der Waals surface area contributed by atoms with Crippen LogP contribution in [0.15, 0.2) is 0 Å². The normalized spacial score (nSPS) is 15.1. The second-order valence-electron chi connectivity index (χ2n) is 5.42. The molecule has 102 valence electrons. The molecule has 0 aliphatic carbocycles. The highest BCUT2D eigenvalue weighted by Crippen LogP contribution is 2.08. The van der Waals surface area contributed by atoms with Crippen LogP contribution in [-0.4, -0.2) is 43.5 Å². The van der Waals surface area contributed by atoms with Crippen LogP contribution in [0.25, 0.3) is 0 Å². The molecule has 2 unspecified atom stereocenters. The molecular formula is C13H29N3O. The summed E-state index contributed by atoms with van der Waals surface area (Å²) >= 11 is 0. The lowest BCUT2D eigenvalue weighted by Gasteiger charge is -2.26. The second-order valence-corrected chi connectivity index (χ2v) is 5.42. The minimum atomic E-state index is -0.0158. The van der Waals surface area contributed by atoms with Crippen molar-refractivity contribution in [2.75, 3.05) is 20.6 Å². The Bertz CT molecular complexity index is 217. The van der Waals surface area contributed by atoms with Gasteiger partial charge in [-0.1, -0.05) is 20.8 Å². The molecule has 0 aromatic rings. The molecule has 0 bridgehead atoms. The van der Waals surface area contributed by atoms with E-state index in [2.05, 4.69) is 38.2 Å². The summed E-state index contributed by atoms with van der Waals surface area (Å²) in [6.07, 6.45) is 2.36. The van der Waals surface area contributed by atoms with Gasteiger partial charge in [-0.05, 0) is 32.9 Å². The van der Waals surface area contributed by atoms with E-state index in [1.807, 2.05) is 6.92 Å². The third kappa shape index (κ3) is 8.16. The van der Waals surface area contributed by atoms with Crippen molar-refractivity contribution in [1.29, 1.82) is 0 Å². The lowest BCUT2D eigenvalue weighted by molar-refractivity contribution is -0.121. The van der Waals surface area contributed by atoms with E-state index in [9.17, 15) is 4.79 Å². The standard InChI is InChI=1S/C13H29N3O/c1-6-11(14)8-13(17)15-9-12(16(4)5)7-10(2)3/h10-12H,6-9,14H2,1-5H3,(H,15,17). The topological polar surface area (TPSA) is 58.4 Å². The number of nitrogens with one attached hydrogen (secondary N) is 1. The van der Waals surface area contributed by atoms with E-state index in [0.29, 0.717) is 24.9 Å². The number of carbonyl (C=O) groups is 1. The number of nitrogens with zero attached hydrogens (tertiary/aromatic N) is 1. The molecule has 0 saturated carbocycles. The fourth-order valence-electron chi connectivity index (χ4n) is 1.71. The maximum absolute atomic E-state index is 11.6. The SMILES string of the molecule is CCC(N)CC(=O)NCC(CC(C)C)N(C)C. The average Bonchev–Trinajstić information content (AvgIpc) is 2.23. The zero-order chi connectivity index (χ0) is 13.4. The Hall–Kier alpha value is -0.610. The van der Waals surface area contributed by atoms with Crippen molar-refractivity contribution in [3.05, 3.63) is 0 Å². The van der Waals surface area contributed by atoms with Crippen molar-refractivity contribution in [2.45, 2.75) is 52.1 Å². The number of nitrogens with two attached hydrogens (primary N) is 1. The van der Waals surface area contributed by atoms with Crippen LogP contribution in [-0.2, 0) is 4.79 Å². The Morgan fingerprint density at radius 1 is 1.35 bits per heavy atom. The number of likely N-dealkylation sites (N-methyl/N-ethyl adjacent to an activating group) is 1. The number of hydrogen-bond acceptors (Lipinski definition) is 3. The predicted octanol–water partition coefficient (Wildman–Crippen LogP) is 1.21. The minimum absolute atomic E-state index is 0.0158. The van der Waals surface area contributed by atoms with Gasteiger partial charge in [-0.2, -0.15) is 0 Å². The van der Waals surface area contributed by atoms with Crippen LogP contribution in [0.2, 0.25) is 0 Å². The minimum Gasteiger partial charge on any atom is -0.354 e.